The third kappa shape index (κ3) is 4.24. The molecule has 0 unspecified atom stereocenters. The van der Waals surface area contributed by atoms with Crippen LogP contribution in [0, 0.1) is 11.3 Å². The van der Waals surface area contributed by atoms with Crippen LogP contribution in [0.25, 0.3) is 0 Å². The Morgan fingerprint density at radius 3 is 2.71 bits per heavy atom. The van der Waals surface area contributed by atoms with Crippen molar-refractivity contribution in [2.24, 2.45) is 0 Å². The summed E-state index contributed by atoms with van der Waals surface area (Å²) < 4.78 is 9.77. The van der Waals surface area contributed by atoms with Crippen molar-refractivity contribution >= 4 is 17.6 Å². The summed E-state index contributed by atoms with van der Waals surface area (Å²) in [6, 6.07) is 12.4. The molecule has 0 saturated carbocycles. The van der Waals surface area contributed by atoms with Crippen molar-refractivity contribution in [1.29, 1.82) is 5.26 Å². The van der Waals surface area contributed by atoms with Crippen molar-refractivity contribution in [3.63, 3.8) is 0 Å². The highest BCUT2D eigenvalue weighted by Gasteiger charge is 2.15. The van der Waals surface area contributed by atoms with E-state index in [0.717, 1.165) is 0 Å². The molecule has 0 aliphatic heterocycles. The van der Waals surface area contributed by atoms with Crippen LogP contribution in [-0.4, -0.2) is 30.7 Å². The summed E-state index contributed by atoms with van der Waals surface area (Å²) in [5.41, 5.74) is 0.741. The molecule has 0 heterocycles. The predicted molar refractivity (Wildman–Crippen MR) is 84.7 cm³/mol. The fourth-order valence-corrected chi connectivity index (χ4v) is 1.88. The highest BCUT2D eigenvalue weighted by Crippen LogP contribution is 2.23. The summed E-state index contributed by atoms with van der Waals surface area (Å²) in [5.74, 6) is -1.32. The molecule has 2 N–H and O–H groups in total. The number of nitrogens with zero attached hydrogens (tertiary/aromatic N) is 1. The lowest BCUT2D eigenvalue weighted by Gasteiger charge is -2.08. The molecule has 0 radical (unpaired) electrons. The molecule has 0 fully saturated rings. The molecule has 24 heavy (non-hydrogen) atoms. The number of phenolic OH excluding ortho intramolecular Hbond substituents is 1. The Morgan fingerprint density at radius 2 is 2.04 bits per heavy atom. The number of nitriles is 1. The van der Waals surface area contributed by atoms with Crippen LogP contribution in [-0.2, 0) is 9.53 Å². The van der Waals surface area contributed by atoms with Crippen LogP contribution in [0.5, 0.6) is 11.5 Å². The van der Waals surface area contributed by atoms with Gasteiger partial charge in [-0.3, -0.25) is 4.79 Å². The zero-order chi connectivity index (χ0) is 17.5. The summed E-state index contributed by atoms with van der Waals surface area (Å²) >= 11 is 0. The molecule has 7 heteroatoms. The van der Waals surface area contributed by atoms with Crippen LogP contribution in [0.3, 0.4) is 0 Å². The van der Waals surface area contributed by atoms with Crippen LogP contribution < -0.4 is 10.1 Å². The van der Waals surface area contributed by atoms with Crippen molar-refractivity contribution in [1.82, 2.24) is 0 Å². The van der Waals surface area contributed by atoms with Crippen molar-refractivity contribution < 1.29 is 24.2 Å². The second-order valence-electron chi connectivity index (χ2n) is 4.70. The van der Waals surface area contributed by atoms with Gasteiger partial charge in [0.05, 0.1) is 18.7 Å². The average Bonchev–Trinajstić information content (AvgIpc) is 2.59. The molecule has 0 aromatic heterocycles. The number of phenols is 1. The minimum atomic E-state index is -0.837. The number of anilines is 1. The lowest BCUT2D eigenvalue weighted by molar-refractivity contribution is -0.119. The first-order valence-corrected chi connectivity index (χ1v) is 6.87. The van der Waals surface area contributed by atoms with E-state index in [1.807, 2.05) is 6.07 Å². The molecule has 0 atom stereocenters. The maximum atomic E-state index is 11.9. The Labute approximate surface area is 138 Å². The molecular formula is C17H14N2O5. The molecular weight excluding hydrogens is 312 g/mol. The number of esters is 1. The summed E-state index contributed by atoms with van der Waals surface area (Å²) in [7, 11) is 1.43. The Bertz CT molecular complexity index is 811. The van der Waals surface area contributed by atoms with Gasteiger partial charge in [-0.2, -0.15) is 5.26 Å². The molecule has 7 nitrogen and oxygen atoms in total. The van der Waals surface area contributed by atoms with E-state index >= 15 is 0 Å². The Hall–Kier alpha value is -3.53. The van der Waals surface area contributed by atoms with E-state index in [0.29, 0.717) is 17.0 Å². The van der Waals surface area contributed by atoms with E-state index in [4.69, 9.17) is 14.7 Å². The molecule has 0 aliphatic carbocycles. The molecule has 0 aliphatic rings. The van der Waals surface area contributed by atoms with E-state index in [1.54, 1.807) is 18.2 Å². The number of methoxy groups -OCH3 is 1. The minimum absolute atomic E-state index is 0.0740. The van der Waals surface area contributed by atoms with Crippen molar-refractivity contribution in [2.75, 3.05) is 19.0 Å². The normalized spacial score (nSPS) is 9.67. The number of ether oxygens (including phenoxy) is 2. The number of nitrogens with one attached hydrogen (secondary N) is 1. The SMILES string of the molecule is COc1ccc(C(=O)OCC(=O)Nc2cccc(C#N)c2)c(O)c1. The number of amides is 1. The van der Waals surface area contributed by atoms with E-state index in [-0.39, 0.29) is 11.3 Å². The zero-order valence-corrected chi connectivity index (χ0v) is 12.8. The van der Waals surface area contributed by atoms with Gasteiger partial charge in [0, 0.05) is 11.8 Å². The number of carbonyl (C=O) groups is 2. The molecule has 2 aromatic carbocycles. The monoisotopic (exact) mass is 326 g/mol. The van der Waals surface area contributed by atoms with Gasteiger partial charge >= 0.3 is 5.97 Å². The largest absolute Gasteiger partial charge is 0.507 e. The number of benzene rings is 2. The van der Waals surface area contributed by atoms with Gasteiger partial charge in [-0.1, -0.05) is 6.07 Å². The number of hydrogen-bond acceptors (Lipinski definition) is 6. The first-order chi connectivity index (χ1) is 11.5. The maximum absolute atomic E-state index is 11.9. The molecule has 0 bridgehead atoms. The summed E-state index contributed by atoms with van der Waals surface area (Å²) in [6.45, 7) is -0.527. The van der Waals surface area contributed by atoms with Gasteiger partial charge in [0.15, 0.2) is 6.61 Å². The number of rotatable bonds is 5. The summed E-state index contributed by atoms with van der Waals surface area (Å²) in [5, 5.41) is 21.0. The highest BCUT2D eigenvalue weighted by molar-refractivity contribution is 5.96. The number of hydrogen-bond donors (Lipinski definition) is 2. The lowest BCUT2D eigenvalue weighted by atomic mass is 10.2. The van der Waals surface area contributed by atoms with Crippen LogP contribution in [0.2, 0.25) is 0 Å². The van der Waals surface area contributed by atoms with Crippen molar-refractivity contribution in [3.8, 4) is 17.6 Å². The van der Waals surface area contributed by atoms with E-state index in [2.05, 4.69) is 5.32 Å². The first kappa shape index (κ1) is 16.8. The molecule has 1 amide bonds. The van der Waals surface area contributed by atoms with Crippen LogP contribution in [0.15, 0.2) is 42.5 Å². The Morgan fingerprint density at radius 1 is 1.25 bits per heavy atom. The molecule has 2 rings (SSSR count). The van der Waals surface area contributed by atoms with E-state index < -0.39 is 18.5 Å². The fourth-order valence-electron chi connectivity index (χ4n) is 1.88. The number of carbonyl (C=O) groups excluding carboxylic acids is 2. The highest BCUT2D eigenvalue weighted by atomic mass is 16.5. The maximum Gasteiger partial charge on any atom is 0.342 e. The van der Waals surface area contributed by atoms with Gasteiger partial charge in [0.25, 0.3) is 5.91 Å². The predicted octanol–water partition coefficient (Wildman–Crippen LogP) is 2.07. The van der Waals surface area contributed by atoms with Gasteiger partial charge in [0.2, 0.25) is 0 Å². The van der Waals surface area contributed by atoms with Crippen LogP contribution in [0.1, 0.15) is 15.9 Å². The van der Waals surface area contributed by atoms with Gasteiger partial charge in [-0.25, -0.2) is 4.79 Å². The van der Waals surface area contributed by atoms with Gasteiger partial charge in [-0.15, -0.1) is 0 Å². The van der Waals surface area contributed by atoms with Crippen LogP contribution in [0.4, 0.5) is 5.69 Å². The molecule has 122 valence electrons. The molecule has 0 spiro atoms. The van der Waals surface area contributed by atoms with E-state index in [9.17, 15) is 14.7 Å². The van der Waals surface area contributed by atoms with Crippen LogP contribution >= 0.6 is 0 Å². The first-order valence-electron chi connectivity index (χ1n) is 6.87. The lowest BCUT2D eigenvalue weighted by Crippen LogP contribution is -2.21. The topological polar surface area (TPSA) is 109 Å². The standard InChI is InChI=1S/C17H14N2O5/c1-23-13-5-6-14(15(20)8-13)17(22)24-10-16(21)19-12-4-2-3-11(7-12)9-18/h2-8,20H,10H2,1H3,(H,19,21). The average molecular weight is 326 g/mol. The number of aromatic hydroxyl groups is 1. The quantitative estimate of drug-likeness (QED) is 0.814. The zero-order valence-electron chi connectivity index (χ0n) is 12.8. The fraction of sp³-hybridized carbons (Fsp3) is 0.118. The van der Waals surface area contributed by atoms with Crippen molar-refractivity contribution in [3.05, 3.63) is 53.6 Å². The van der Waals surface area contributed by atoms with Crippen molar-refractivity contribution in [2.45, 2.75) is 0 Å². The van der Waals surface area contributed by atoms with Gasteiger partial charge in [-0.05, 0) is 30.3 Å². The minimum Gasteiger partial charge on any atom is -0.507 e. The second-order valence-corrected chi connectivity index (χ2v) is 4.70. The van der Waals surface area contributed by atoms with Gasteiger partial charge in [0.1, 0.15) is 17.1 Å². The second kappa shape index (κ2) is 7.65. The summed E-state index contributed by atoms with van der Waals surface area (Å²) in [6.07, 6.45) is 0. The third-order valence-electron chi connectivity index (χ3n) is 3.03. The molecule has 2 aromatic rings. The van der Waals surface area contributed by atoms with E-state index in [1.165, 1.54) is 31.4 Å². The Kier molecular flexibility index (Phi) is 5.36. The molecule has 0 saturated heterocycles. The van der Waals surface area contributed by atoms with Gasteiger partial charge < -0.3 is 19.9 Å². The summed E-state index contributed by atoms with van der Waals surface area (Å²) in [4.78, 5) is 23.7. The third-order valence-corrected chi connectivity index (χ3v) is 3.03. The Balaban J connectivity index is 1.94. The smallest absolute Gasteiger partial charge is 0.342 e.